The average Bonchev–Trinajstić information content (AvgIpc) is 2.68. The number of para-hydroxylation sites is 2. The van der Waals surface area contributed by atoms with Gasteiger partial charge in [-0.15, -0.1) is 0 Å². The highest BCUT2D eigenvalue weighted by Gasteiger charge is 2.20. The third kappa shape index (κ3) is 3.90. The molecule has 2 heterocycles. The number of hydrogen-bond donors (Lipinski definition) is 1. The van der Waals surface area contributed by atoms with Crippen molar-refractivity contribution in [3.05, 3.63) is 42.2 Å². The summed E-state index contributed by atoms with van der Waals surface area (Å²) in [5.74, 6) is 0.917. The van der Waals surface area contributed by atoms with Crippen LogP contribution in [0.4, 0.5) is 11.6 Å². The Morgan fingerprint density at radius 1 is 1.08 bits per heavy atom. The predicted molar refractivity (Wildman–Crippen MR) is 97.4 cm³/mol. The molecule has 0 aliphatic carbocycles. The zero-order valence-electron chi connectivity index (χ0n) is 14.8. The fourth-order valence-electron chi connectivity index (χ4n) is 2.77. The Morgan fingerprint density at radius 2 is 1.73 bits per heavy atom. The maximum Gasteiger partial charge on any atom is 0.258 e. The van der Waals surface area contributed by atoms with E-state index in [0.717, 1.165) is 0 Å². The molecule has 0 bridgehead atoms. The van der Waals surface area contributed by atoms with Crippen LogP contribution in [-0.2, 0) is 4.79 Å². The number of methoxy groups -OCH3 is 1. The molecule has 1 aromatic heterocycles. The van der Waals surface area contributed by atoms with E-state index < -0.39 is 0 Å². The number of carbonyl (C=O) groups excluding carboxylic acids is 2. The van der Waals surface area contributed by atoms with E-state index in [-0.39, 0.29) is 11.8 Å². The summed E-state index contributed by atoms with van der Waals surface area (Å²) in [6, 6.07) is 7.19. The lowest BCUT2D eigenvalue weighted by Crippen LogP contribution is -2.48. The number of carbonyl (C=O) groups is 2. The fourth-order valence-corrected chi connectivity index (χ4v) is 2.77. The van der Waals surface area contributed by atoms with Crippen LogP contribution in [0.2, 0.25) is 0 Å². The van der Waals surface area contributed by atoms with Crippen molar-refractivity contribution < 1.29 is 14.3 Å². The zero-order valence-corrected chi connectivity index (χ0v) is 14.8. The molecule has 8 nitrogen and oxygen atoms in total. The summed E-state index contributed by atoms with van der Waals surface area (Å²) < 4.78 is 5.23. The second-order valence-electron chi connectivity index (χ2n) is 5.92. The molecule has 136 valence electrons. The van der Waals surface area contributed by atoms with E-state index in [1.165, 1.54) is 12.4 Å². The van der Waals surface area contributed by atoms with Crippen LogP contribution in [0.5, 0.6) is 5.75 Å². The van der Waals surface area contributed by atoms with Gasteiger partial charge in [0.2, 0.25) is 11.9 Å². The van der Waals surface area contributed by atoms with Crippen LogP contribution >= 0.6 is 0 Å². The summed E-state index contributed by atoms with van der Waals surface area (Å²) in [7, 11) is 1.55. The minimum atomic E-state index is -0.303. The first kappa shape index (κ1) is 17.7. The Morgan fingerprint density at radius 3 is 2.35 bits per heavy atom. The van der Waals surface area contributed by atoms with E-state index in [1.54, 1.807) is 31.1 Å². The summed E-state index contributed by atoms with van der Waals surface area (Å²) in [5.41, 5.74) is 0.950. The molecule has 0 spiro atoms. The maximum atomic E-state index is 12.4. The van der Waals surface area contributed by atoms with Gasteiger partial charge in [-0.05, 0) is 12.1 Å². The molecule has 0 saturated carbocycles. The van der Waals surface area contributed by atoms with Gasteiger partial charge in [-0.2, -0.15) is 0 Å². The number of anilines is 2. The second kappa shape index (κ2) is 7.81. The molecule has 26 heavy (non-hydrogen) atoms. The Labute approximate surface area is 151 Å². The van der Waals surface area contributed by atoms with Gasteiger partial charge >= 0.3 is 0 Å². The molecule has 2 aromatic rings. The SMILES string of the molecule is COc1ccccc1NC(=O)c1cnc(N2CCN(C(C)=O)CC2)nc1. The first-order valence-corrected chi connectivity index (χ1v) is 8.35. The lowest BCUT2D eigenvalue weighted by Gasteiger charge is -2.34. The van der Waals surface area contributed by atoms with E-state index >= 15 is 0 Å². The van der Waals surface area contributed by atoms with Gasteiger partial charge < -0.3 is 19.9 Å². The van der Waals surface area contributed by atoms with Gasteiger partial charge in [0.15, 0.2) is 0 Å². The van der Waals surface area contributed by atoms with Crippen LogP contribution in [0.25, 0.3) is 0 Å². The Kier molecular flexibility index (Phi) is 5.31. The highest BCUT2D eigenvalue weighted by atomic mass is 16.5. The van der Waals surface area contributed by atoms with Crippen molar-refractivity contribution in [3.8, 4) is 5.75 Å². The minimum absolute atomic E-state index is 0.0777. The predicted octanol–water partition coefficient (Wildman–Crippen LogP) is 1.41. The molecular formula is C18H21N5O3. The number of nitrogens with one attached hydrogen (secondary N) is 1. The van der Waals surface area contributed by atoms with Gasteiger partial charge in [-0.1, -0.05) is 12.1 Å². The van der Waals surface area contributed by atoms with E-state index in [9.17, 15) is 9.59 Å². The van der Waals surface area contributed by atoms with Crippen LogP contribution in [0.1, 0.15) is 17.3 Å². The van der Waals surface area contributed by atoms with Crippen LogP contribution in [0.15, 0.2) is 36.7 Å². The van der Waals surface area contributed by atoms with E-state index in [4.69, 9.17) is 4.74 Å². The van der Waals surface area contributed by atoms with Crippen molar-refractivity contribution >= 4 is 23.5 Å². The van der Waals surface area contributed by atoms with Gasteiger partial charge in [0.05, 0.1) is 18.4 Å². The molecule has 1 N–H and O–H groups in total. The summed E-state index contributed by atoms with van der Waals surface area (Å²) in [6.45, 7) is 4.21. The minimum Gasteiger partial charge on any atom is -0.495 e. The molecule has 8 heteroatoms. The molecule has 1 aliphatic rings. The largest absolute Gasteiger partial charge is 0.495 e. The van der Waals surface area contributed by atoms with Crippen molar-refractivity contribution in [2.45, 2.75) is 6.92 Å². The molecule has 1 aliphatic heterocycles. The van der Waals surface area contributed by atoms with Crippen molar-refractivity contribution in [1.29, 1.82) is 0 Å². The molecule has 1 saturated heterocycles. The van der Waals surface area contributed by atoms with Gasteiger partial charge in [0.1, 0.15) is 5.75 Å². The second-order valence-corrected chi connectivity index (χ2v) is 5.92. The number of nitrogens with zero attached hydrogens (tertiary/aromatic N) is 4. The van der Waals surface area contributed by atoms with Gasteiger partial charge in [-0.3, -0.25) is 9.59 Å². The smallest absolute Gasteiger partial charge is 0.258 e. The Bertz CT molecular complexity index is 786. The third-order valence-electron chi connectivity index (χ3n) is 4.26. The van der Waals surface area contributed by atoms with Crippen molar-refractivity contribution in [1.82, 2.24) is 14.9 Å². The number of benzene rings is 1. The first-order chi connectivity index (χ1) is 12.6. The average molecular weight is 355 g/mol. The third-order valence-corrected chi connectivity index (χ3v) is 4.26. The number of hydrogen-bond acceptors (Lipinski definition) is 6. The van der Waals surface area contributed by atoms with E-state index in [0.29, 0.717) is 49.1 Å². The lowest BCUT2D eigenvalue weighted by molar-refractivity contribution is -0.129. The van der Waals surface area contributed by atoms with Crippen molar-refractivity contribution in [3.63, 3.8) is 0 Å². The number of aromatic nitrogens is 2. The van der Waals surface area contributed by atoms with Crippen LogP contribution in [0.3, 0.4) is 0 Å². The Balaban J connectivity index is 1.64. The maximum absolute atomic E-state index is 12.4. The summed E-state index contributed by atoms with van der Waals surface area (Å²) in [5, 5.41) is 2.79. The van der Waals surface area contributed by atoms with Gasteiger partial charge in [0, 0.05) is 45.5 Å². The standard InChI is InChI=1S/C18H21N5O3/c1-13(24)22-7-9-23(10-8-22)18-19-11-14(12-20-18)17(25)21-15-5-3-4-6-16(15)26-2/h3-6,11-12H,7-10H2,1-2H3,(H,21,25). The number of rotatable bonds is 4. The quantitative estimate of drug-likeness (QED) is 0.892. The van der Waals surface area contributed by atoms with Crippen LogP contribution < -0.4 is 15.0 Å². The molecule has 1 fully saturated rings. The molecule has 0 atom stereocenters. The summed E-state index contributed by atoms with van der Waals surface area (Å²) >= 11 is 0. The number of ether oxygens (including phenoxy) is 1. The van der Waals surface area contributed by atoms with Crippen molar-refractivity contribution in [2.24, 2.45) is 0 Å². The van der Waals surface area contributed by atoms with Gasteiger partial charge in [-0.25, -0.2) is 9.97 Å². The lowest BCUT2D eigenvalue weighted by atomic mass is 10.2. The van der Waals surface area contributed by atoms with E-state index in [2.05, 4.69) is 15.3 Å². The highest BCUT2D eigenvalue weighted by Crippen LogP contribution is 2.23. The zero-order chi connectivity index (χ0) is 18.5. The highest BCUT2D eigenvalue weighted by molar-refractivity contribution is 6.04. The molecular weight excluding hydrogens is 334 g/mol. The van der Waals surface area contributed by atoms with Crippen LogP contribution in [-0.4, -0.2) is 60.0 Å². The molecule has 2 amide bonds. The summed E-state index contributed by atoms with van der Waals surface area (Å²) in [6.07, 6.45) is 3.01. The molecule has 0 unspecified atom stereocenters. The van der Waals surface area contributed by atoms with E-state index in [1.807, 2.05) is 17.0 Å². The van der Waals surface area contributed by atoms with Gasteiger partial charge in [0.25, 0.3) is 5.91 Å². The fraction of sp³-hybridized carbons (Fsp3) is 0.333. The monoisotopic (exact) mass is 355 g/mol. The van der Waals surface area contributed by atoms with Crippen molar-refractivity contribution in [2.75, 3.05) is 43.5 Å². The summed E-state index contributed by atoms with van der Waals surface area (Å²) in [4.78, 5) is 36.2. The topological polar surface area (TPSA) is 87.7 Å². The Hall–Kier alpha value is -3.16. The first-order valence-electron chi connectivity index (χ1n) is 8.35. The molecule has 3 rings (SSSR count). The number of piperazine rings is 1. The van der Waals surface area contributed by atoms with Crippen LogP contribution in [0, 0.1) is 0 Å². The number of amides is 2. The molecule has 1 aromatic carbocycles. The molecule has 0 radical (unpaired) electrons. The normalized spacial score (nSPS) is 14.1.